The summed E-state index contributed by atoms with van der Waals surface area (Å²) in [6, 6.07) is 0. The molecule has 2 saturated heterocycles. The minimum absolute atomic E-state index is 0.0256. The minimum atomic E-state index is -4.78. The zero-order valence-electron chi connectivity index (χ0n) is 28.3. The lowest BCUT2D eigenvalue weighted by Gasteiger charge is -2.59. The molecule has 2 aliphatic heterocycles. The molecule has 0 aromatic rings. The van der Waals surface area contributed by atoms with Gasteiger partial charge in [-0.05, 0) is 97.2 Å². The van der Waals surface area contributed by atoms with Gasteiger partial charge in [-0.3, -0.25) is 4.55 Å². The lowest BCUT2D eigenvalue weighted by Crippen LogP contribution is -2.61. The highest BCUT2D eigenvalue weighted by Crippen LogP contribution is 2.67. The summed E-state index contributed by atoms with van der Waals surface area (Å²) in [7, 11) is -4.78. The molecule has 0 radical (unpaired) electrons. The number of hydrogen-bond acceptors (Lipinski definition) is 10. The van der Waals surface area contributed by atoms with Gasteiger partial charge < -0.3 is 34.6 Å². The van der Waals surface area contributed by atoms with Gasteiger partial charge in [0.1, 0.15) is 18.3 Å². The molecule has 5 fully saturated rings. The molecular formula is C34H54O12S. The summed E-state index contributed by atoms with van der Waals surface area (Å²) in [5.74, 6) is 0.509. The van der Waals surface area contributed by atoms with Crippen molar-refractivity contribution in [1.29, 1.82) is 0 Å². The van der Waals surface area contributed by atoms with Crippen LogP contribution in [0.2, 0.25) is 0 Å². The van der Waals surface area contributed by atoms with Crippen molar-refractivity contribution in [1.82, 2.24) is 0 Å². The zero-order valence-corrected chi connectivity index (χ0v) is 29.1. The van der Waals surface area contributed by atoms with Crippen LogP contribution in [0.1, 0.15) is 86.5 Å². The fraction of sp³-hybridized carbons (Fsp3) is 0.912. The van der Waals surface area contributed by atoms with E-state index in [0.29, 0.717) is 61.4 Å². The SMILES string of the molecule is CC(C)[C@H](C)C1OC1C(C)[C@H]1CCC2C3CC(OS(=O)(=O)O)C4C[C@@H](OC5OC(C(=O)O)C(O)C(O)C5O)CC[C@]4(C)C3=CC[C@@]21C. The lowest BCUT2D eigenvalue weighted by molar-refractivity contribution is -0.309. The van der Waals surface area contributed by atoms with E-state index in [-0.39, 0.29) is 23.4 Å². The largest absolute Gasteiger partial charge is 0.479 e. The van der Waals surface area contributed by atoms with Gasteiger partial charge in [-0.25, -0.2) is 8.98 Å². The minimum Gasteiger partial charge on any atom is -0.479 e. The van der Waals surface area contributed by atoms with Gasteiger partial charge in [0.05, 0.1) is 24.4 Å². The normalized spacial score (nSPS) is 49.3. The predicted molar refractivity (Wildman–Crippen MR) is 168 cm³/mol. The standard InChI is InChI=1S/C34H54O12S/c1-15(2)16(3)28-29(44-28)17(4)20-7-8-21-19-14-24(46-47(40,41)42)23-13-18(9-11-34(23,6)22(19)10-12-33(20,21)5)43-32-27(37)25(35)26(36)30(45-32)31(38)39/h10,15-21,23-30,32,35-37H,7-9,11-14H2,1-6H3,(H,38,39)(H,40,41,42)/t16-,17?,18-,19?,20+,21?,23?,24?,25?,26?,27?,28?,29?,30?,32?,33+,34+/m0/s1. The molecule has 2 heterocycles. The van der Waals surface area contributed by atoms with Crippen molar-refractivity contribution in [2.24, 2.45) is 52.3 Å². The zero-order chi connectivity index (χ0) is 34.4. The van der Waals surface area contributed by atoms with Crippen molar-refractivity contribution >= 4 is 16.4 Å². The summed E-state index contributed by atoms with van der Waals surface area (Å²) in [6.07, 6.45) is -2.13. The Morgan fingerprint density at radius 1 is 0.957 bits per heavy atom. The van der Waals surface area contributed by atoms with Crippen LogP contribution in [-0.4, -0.2) is 94.5 Å². The summed E-state index contributed by atoms with van der Waals surface area (Å²) >= 11 is 0. The lowest BCUT2D eigenvalue weighted by atomic mass is 9.47. The Kier molecular flexibility index (Phi) is 9.53. The first-order chi connectivity index (χ1) is 21.9. The van der Waals surface area contributed by atoms with Gasteiger partial charge in [0.25, 0.3) is 0 Å². The van der Waals surface area contributed by atoms with E-state index in [1.807, 2.05) is 0 Å². The second-order valence-electron chi connectivity index (χ2n) is 16.4. The molecule has 6 rings (SSSR count). The number of carboxylic acids is 1. The highest BCUT2D eigenvalue weighted by atomic mass is 32.3. The van der Waals surface area contributed by atoms with Crippen LogP contribution in [0.25, 0.3) is 0 Å². The van der Waals surface area contributed by atoms with E-state index in [1.165, 1.54) is 5.57 Å². The van der Waals surface area contributed by atoms with E-state index >= 15 is 0 Å². The van der Waals surface area contributed by atoms with E-state index in [9.17, 15) is 38.2 Å². The number of allylic oxidation sites excluding steroid dienone is 2. The van der Waals surface area contributed by atoms with E-state index in [0.717, 1.165) is 19.3 Å². The van der Waals surface area contributed by atoms with Crippen LogP contribution in [0.15, 0.2) is 11.6 Å². The van der Waals surface area contributed by atoms with Gasteiger partial charge in [-0.1, -0.05) is 53.2 Å². The number of aliphatic hydroxyl groups is 3. The molecule has 6 aliphatic rings. The molecule has 0 aromatic heterocycles. The number of epoxide rings is 1. The molecule has 47 heavy (non-hydrogen) atoms. The van der Waals surface area contributed by atoms with Gasteiger partial charge >= 0.3 is 16.4 Å². The average Bonchev–Trinajstić information content (AvgIpc) is 3.70. The van der Waals surface area contributed by atoms with Crippen LogP contribution in [0, 0.1) is 52.3 Å². The van der Waals surface area contributed by atoms with E-state index < -0.39 is 64.7 Å². The number of fused-ring (bicyclic) bond motifs is 5. The molecule has 0 amide bonds. The third-order valence-electron chi connectivity index (χ3n) is 13.7. The average molecular weight is 687 g/mol. The molecule has 5 N–H and O–H groups in total. The Morgan fingerprint density at radius 2 is 1.66 bits per heavy atom. The first kappa shape index (κ1) is 35.7. The highest BCUT2D eigenvalue weighted by molar-refractivity contribution is 7.80. The highest BCUT2D eigenvalue weighted by Gasteiger charge is 2.63. The first-order valence-electron chi connectivity index (χ1n) is 17.5. The molecule has 4 aliphatic carbocycles. The molecular weight excluding hydrogens is 632 g/mol. The molecule has 12 nitrogen and oxygen atoms in total. The quantitative estimate of drug-likeness (QED) is 0.103. The number of aliphatic hydroxyl groups excluding tert-OH is 3. The fourth-order valence-corrected chi connectivity index (χ4v) is 11.3. The Morgan fingerprint density at radius 3 is 2.30 bits per heavy atom. The molecule has 268 valence electrons. The fourth-order valence-electron chi connectivity index (χ4n) is 10.7. The van der Waals surface area contributed by atoms with Gasteiger partial charge in [-0.2, -0.15) is 8.42 Å². The van der Waals surface area contributed by atoms with Crippen LogP contribution in [-0.2, 0) is 33.6 Å². The summed E-state index contributed by atoms with van der Waals surface area (Å²) in [6.45, 7) is 13.6. The predicted octanol–water partition coefficient (Wildman–Crippen LogP) is 3.34. The maximum absolute atomic E-state index is 12.2. The number of rotatable bonds is 9. The number of hydrogen-bond donors (Lipinski definition) is 5. The maximum atomic E-state index is 12.2. The number of ether oxygens (including phenoxy) is 3. The molecule has 13 heteroatoms. The molecule has 0 bridgehead atoms. The van der Waals surface area contributed by atoms with Crippen LogP contribution in [0.4, 0.5) is 0 Å². The number of carbonyl (C=O) groups is 1. The number of aliphatic carboxylic acids is 1. The Hall–Kier alpha value is -1.16. The summed E-state index contributed by atoms with van der Waals surface area (Å²) in [4.78, 5) is 11.6. The summed E-state index contributed by atoms with van der Waals surface area (Å²) in [5.41, 5.74) is 0.906. The van der Waals surface area contributed by atoms with Gasteiger partial charge in [0.15, 0.2) is 12.4 Å². The Balaban J connectivity index is 1.23. The van der Waals surface area contributed by atoms with Crippen LogP contribution >= 0.6 is 0 Å². The van der Waals surface area contributed by atoms with Crippen molar-refractivity contribution in [2.75, 3.05) is 0 Å². The smallest absolute Gasteiger partial charge is 0.397 e. The summed E-state index contributed by atoms with van der Waals surface area (Å²) in [5, 5.41) is 40.4. The topological polar surface area (TPSA) is 193 Å². The van der Waals surface area contributed by atoms with Gasteiger partial charge in [0.2, 0.25) is 0 Å². The van der Waals surface area contributed by atoms with E-state index in [4.69, 9.17) is 18.4 Å². The van der Waals surface area contributed by atoms with Crippen molar-refractivity contribution in [2.45, 2.75) is 142 Å². The molecule has 12 unspecified atom stereocenters. The van der Waals surface area contributed by atoms with Crippen LogP contribution in [0.3, 0.4) is 0 Å². The van der Waals surface area contributed by atoms with Crippen molar-refractivity contribution in [3.05, 3.63) is 11.6 Å². The maximum Gasteiger partial charge on any atom is 0.397 e. The Labute approximate surface area is 278 Å². The number of carboxylic acid groups (broad SMARTS) is 1. The molecule has 0 aromatic carbocycles. The van der Waals surface area contributed by atoms with E-state index in [1.54, 1.807) is 0 Å². The monoisotopic (exact) mass is 686 g/mol. The third kappa shape index (κ3) is 6.24. The second kappa shape index (κ2) is 12.6. The van der Waals surface area contributed by atoms with Gasteiger partial charge in [0, 0.05) is 0 Å². The molecule has 17 atom stereocenters. The first-order valence-corrected chi connectivity index (χ1v) is 18.8. The van der Waals surface area contributed by atoms with Crippen LogP contribution in [0.5, 0.6) is 0 Å². The molecule has 0 spiro atoms. The van der Waals surface area contributed by atoms with Crippen molar-refractivity contribution in [3.63, 3.8) is 0 Å². The van der Waals surface area contributed by atoms with Crippen molar-refractivity contribution in [3.8, 4) is 0 Å². The van der Waals surface area contributed by atoms with E-state index in [2.05, 4.69) is 47.6 Å². The van der Waals surface area contributed by atoms with Crippen LogP contribution < -0.4 is 0 Å². The second-order valence-corrected chi connectivity index (χ2v) is 17.4. The van der Waals surface area contributed by atoms with Gasteiger partial charge in [-0.15, -0.1) is 0 Å². The van der Waals surface area contributed by atoms with Crippen molar-refractivity contribution < 1.29 is 56.6 Å². The molecule has 3 saturated carbocycles. The summed E-state index contributed by atoms with van der Waals surface area (Å²) < 4.78 is 57.5. The Bertz CT molecular complexity index is 1340. The third-order valence-corrected chi connectivity index (χ3v) is 14.2.